The number of pyridine rings is 3. The molecule has 0 saturated carbocycles. The third kappa shape index (κ3) is 5.67. The fourth-order valence-corrected chi connectivity index (χ4v) is 5.90. The molecular formula is C34H31N11O. The topological polar surface area (TPSA) is 156 Å². The van der Waals surface area contributed by atoms with Gasteiger partial charge < -0.3 is 15.6 Å². The number of nitrogen functional groups attached to an aromatic ring is 1. The number of hydrogen-bond acceptors (Lipinski definition) is 10. The number of hydrogen-bond donors (Lipinski definition) is 2. The zero-order valence-corrected chi connectivity index (χ0v) is 25.2. The van der Waals surface area contributed by atoms with Crippen molar-refractivity contribution in [3.8, 4) is 34.5 Å². The van der Waals surface area contributed by atoms with Crippen LogP contribution in [0.2, 0.25) is 0 Å². The molecule has 0 amide bonds. The summed E-state index contributed by atoms with van der Waals surface area (Å²) >= 11 is 0. The molecule has 6 aromatic rings. The SMILES string of the molecule is Cn1c(-c2ccc3nc(-c4cccnc4N)n(-c4ccc(CN5CCC(Nc6ccnc(C#N)n6)CC5)cc4)c3n2)cccc1=O. The molecule has 0 unspecified atom stereocenters. The van der Waals surface area contributed by atoms with Crippen LogP contribution in [0.15, 0.2) is 90.0 Å². The van der Waals surface area contributed by atoms with E-state index < -0.39 is 0 Å². The molecule has 228 valence electrons. The first kappa shape index (κ1) is 28.8. The first-order chi connectivity index (χ1) is 22.5. The second kappa shape index (κ2) is 12.2. The monoisotopic (exact) mass is 609 g/mol. The maximum Gasteiger partial charge on any atom is 0.250 e. The second-order valence-electron chi connectivity index (χ2n) is 11.3. The molecule has 1 aliphatic heterocycles. The Morgan fingerprint density at radius 1 is 0.935 bits per heavy atom. The molecule has 0 atom stereocenters. The molecule has 46 heavy (non-hydrogen) atoms. The third-order valence-electron chi connectivity index (χ3n) is 8.33. The minimum absolute atomic E-state index is 0.104. The van der Waals surface area contributed by atoms with Crippen molar-refractivity contribution in [1.82, 2.24) is 39.0 Å². The molecule has 5 aromatic heterocycles. The summed E-state index contributed by atoms with van der Waals surface area (Å²) in [6.07, 6.45) is 5.21. The molecule has 1 fully saturated rings. The number of piperidine rings is 1. The van der Waals surface area contributed by atoms with Gasteiger partial charge in [-0.2, -0.15) is 5.26 Å². The summed E-state index contributed by atoms with van der Waals surface area (Å²) in [5.74, 6) is 1.88. The Hall–Kier alpha value is -5.93. The standard InChI is InChI=1S/C34H31N11O/c1-43-28(5-2-6-31(43)46)26-11-12-27-34(40-26)45(33(41-27)25-4-3-16-38-32(25)36)24-9-7-22(8-10-24)21-44-18-14-23(15-19-44)39-29-13-17-37-30(20-35)42-29/h2-13,16-17,23H,14-15,18-19,21H2,1H3,(H2,36,38)(H,37,39,42). The van der Waals surface area contributed by atoms with Crippen LogP contribution in [-0.4, -0.2) is 58.1 Å². The highest BCUT2D eigenvalue weighted by molar-refractivity contribution is 5.84. The summed E-state index contributed by atoms with van der Waals surface area (Å²) in [5, 5.41) is 12.5. The van der Waals surface area contributed by atoms with E-state index in [9.17, 15) is 4.79 Å². The summed E-state index contributed by atoms with van der Waals surface area (Å²) < 4.78 is 3.59. The van der Waals surface area contributed by atoms with Gasteiger partial charge in [-0.05, 0) is 66.9 Å². The van der Waals surface area contributed by atoms with Gasteiger partial charge >= 0.3 is 0 Å². The normalized spacial score (nSPS) is 13.9. The molecule has 1 aromatic carbocycles. The fourth-order valence-electron chi connectivity index (χ4n) is 5.90. The van der Waals surface area contributed by atoms with E-state index in [-0.39, 0.29) is 11.4 Å². The lowest BCUT2D eigenvalue weighted by Gasteiger charge is -2.32. The summed E-state index contributed by atoms with van der Waals surface area (Å²) in [5.41, 5.74) is 11.7. The van der Waals surface area contributed by atoms with E-state index in [1.54, 1.807) is 36.1 Å². The zero-order chi connectivity index (χ0) is 31.6. The number of fused-ring (bicyclic) bond motifs is 1. The average molecular weight is 610 g/mol. The molecule has 1 saturated heterocycles. The van der Waals surface area contributed by atoms with Crippen LogP contribution in [0.25, 0.3) is 39.6 Å². The number of anilines is 2. The number of imidazole rings is 1. The van der Waals surface area contributed by atoms with Crippen LogP contribution >= 0.6 is 0 Å². The smallest absolute Gasteiger partial charge is 0.250 e. The van der Waals surface area contributed by atoms with Crippen LogP contribution in [0.4, 0.5) is 11.6 Å². The first-order valence-corrected chi connectivity index (χ1v) is 15.0. The van der Waals surface area contributed by atoms with Crippen LogP contribution in [0.1, 0.15) is 24.2 Å². The minimum atomic E-state index is -0.104. The Balaban J connectivity index is 1.15. The van der Waals surface area contributed by atoms with Gasteiger partial charge in [0.15, 0.2) is 11.5 Å². The molecule has 0 bridgehead atoms. The van der Waals surface area contributed by atoms with Crippen molar-refractivity contribution in [2.75, 3.05) is 24.1 Å². The van der Waals surface area contributed by atoms with E-state index in [1.807, 2.05) is 41.0 Å². The van der Waals surface area contributed by atoms with E-state index in [2.05, 4.69) is 49.4 Å². The number of nitrogens with zero attached hydrogens (tertiary/aromatic N) is 9. The summed E-state index contributed by atoms with van der Waals surface area (Å²) in [4.78, 5) is 37.2. The predicted octanol–water partition coefficient (Wildman–Crippen LogP) is 4.17. The molecule has 1 aliphatic rings. The maximum absolute atomic E-state index is 12.4. The Kier molecular flexibility index (Phi) is 7.66. The van der Waals surface area contributed by atoms with Crippen molar-refractivity contribution < 1.29 is 0 Å². The van der Waals surface area contributed by atoms with Gasteiger partial charge in [0.05, 0.1) is 17.0 Å². The van der Waals surface area contributed by atoms with E-state index in [1.165, 1.54) is 11.6 Å². The number of aromatic nitrogens is 7. The molecule has 12 heteroatoms. The van der Waals surface area contributed by atoms with Gasteiger partial charge in [-0.25, -0.2) is 24.9 Å². The lowest BCUT2D eigenvalue weighted by molar-refractivity contribution is 0.211. The first-order valence-electron chi connectivity index (χ1n) is 15.0. The Morgan fingerprint density at radius 3 is 2.54 bits per heavy atom. The molecule has 0 aliphatic carbocycles. The summed E-state index contributed by atoms with van der Waals surface area (Å²) in [6.45, 7) is 2.72. The highest BCUT2D eigenvalue weighted by atomic mass is 16.1. The van der Waals surface area contributed by atoms with Gasteiger partial charge in [0.1, 0.15) is 23.2 Å². The Morgan fingerprint density at radius 2 is 1.76 bits per heavy atom. The van der Waals surface area contributed by atoms with Crippen molar-refractivity contribution in [3.05, 3.63) is 107 Å². The van der Waals surface area contributed by atoms with Gasteiger partial charge in [0.2, 0.25) is 5.82 Å². The number of likely N-dealkylation sites (tertiary alicyclic amines) is 1. The van der Waals surface area contributed by atoms with Gasteiger partial charge in [0.25, 0.3) is 5.56 Å². The number of nitriles is 1. The quantitative estimate of drug-likeness (QED) is 0.269. The van der Waals surface area contributed by atoms with Crippen LogP contribution in [-0.2, 0) is 13.6 Å². The van der Waals surface area contributed by atoms with E-state index >= 15 is 0 Å². The van der Waals surface area contributed by atoms with Crippen molar-refractivity contribution in [1.29, 1.82) is 5.26 Å². The lowest BCUT2D eigenvalue weighted by Crippen LogP contribution is -2.38. The summed E-state index contributed by atoms with van der Waals surface area (Å²) in [7, 11) is 1.74. The van der Waals surface area contributed by atoms with Crippen LogP contribution in [0.3, 0.4) is 0 Å². The van der Waals surface area contributed by atoms with Gasteiger partial charge in [-0.15, -0.1) is 0 Å². The van der Waals surface area contributed by atoms with E-state index in [4.69, 9.17) is 21.0 Å². The van der Waals surface area contributed by atoms with Gasteiger partial charge in [0, 0.05) is 56.9 Å². The molecule has 7 rings (SSSR count). The molecule has 12 nitrogen and oxygen atoms in total. The number of rotatable bonds is 7. The van der Waals surface area contributed by atoms with Crippen molar-refractivity contribution in [2.24, 2.45) is 7.05 Å². The largest absolute Gasteiger partial charge is 0.383 e. The summed E-state index contributed by atoms with van der Waals surface area (Å²) in [6, 6.07) is 25.2. The van der Waals surface area contributed by atoms with Crippen molar-refractivity contribution in [2.45, 2.75) is 25.4 Å². The Labute approximate surface area is 264 Å². The predicted molar refractivity (Wildman–Crippen MR) is 176 cm³/mol. The lowest BCUT2D eigenvalue weighted by atomic mass is 10.0. The highest BCUT2D eigenvalue weighted by Gasteiger charge is 2.21. The fraction of sp³-hybridized carbons (Fsp3) is 0.206. The average Bonchev–Trinajstić information content (AvgIpc) is 3.46. The van der Waals surface area contributed by atoms with Gasteiger partial charge in [-0.3, -0.25) is 14.3 Å². The molecule has 3 N–H and O–H groups in total. The second-order valence-corrected chi connectivity index (χ2v) is 11.3. The number of nitrogens with two attached hydrogens (primary N) is 1. The third-order valence-corrected chi connectivity index (χ3v) is 8.33. The molecular weight excluding hydrogens is 578 g/mol. The Bertz CT molecular complexity index is 2140. The van der Waals surface area contributed by atoms with Crippen molar-refractivity contribution in [3.63, 3.8) is 0 Å². The zero-order valence-electron chi connectivity index (χ0n) is 25.2. The van der Waals surface area contributed by atoms with Crippen LogP contribution in [0.5, 0.6) is 0 Å². The van der Waals surface area contributed by atoms with Crippen molar-refractivity contribution >= 4 is 22.8 Å². The maximum atomic E-state index is 12.4. The van der Waals surface area contributed by atoms with Crippen LogP contribution < -0.4 is 16.6 Å². The minimum Gasteiger partial charge on any atom is -0.383 e. The molecule has 6 heterocycles. The number of nitrogens with one attached hydrogen (secondary N) is 1. The van der Waals surface area contributed by atoms with E-state index in [0.29, 0.717) is 51.6 Å². The van der Waals surface area contributed by atoms with E-state index in [0.717, 1.165) is 38.2 Å². The number of benzene rings is 1. The molecule has 0 spiro atoms. The molecule has 0 radical (unpaired) electrons. The highest BCUT2D eigenvalue weighted by Crippen LogP contribution is 2.32. The van der Waals surface area contributed by atoms with Gasteiger partial charge in [-0.1, -0.05) is 18.2 Å². The van der Waals surface area contributed by atoms with Crippen LogP contribution in [0, 0.1) is 11.3 Å².